The molecule has 1 saturated heterocycles. The highest BCUT2D eigenvalue weighted by Gasteiger charge is 2.46. The van der Waals surface area contributed by atoms with Gasteiger partial charge in [0, 0.05) is 18.2 Å². The molecular weight excluding hydrogens is 246 g/mol. The summed E-state index contributed by atoms with van der Waals surface area (Å²) >= 11 is 0. The minimum absolute atomic E-state index is 0.0578. The third kappa shape index (κ3) is 2.08. The van der Waals surface area contributed by atoms with Gasteiger partial charge in [-0.3, -0.25) is 20.2 Å². The van der Waals surface area contributed by atoms with E-state index >= 15 is 0 Å². The largest absolute Gasteiger partial charge is 0.319 e. The number of rotatable bonds is 3. The van der Waals surface area contributed by atoms with Crippen molar-refractivity contribution in [1.82, 2.24) is 10.2 Å². The SMILES string of the molecule is CC1CC1N1C(=O)CNC1c1cccc([N+](=O)[O-])c1. The summed E-state index contributed by atoms with van der Waals surface area (Å²) in [6, 6.07) is 6.75. The second kappa shape index (κ2) is 4.31. The number of nitro groups is 1. The maximum Gasteiger partial charge on any atom is 0.269 e. The summed E-state index contributed by atoms with van der Waals surface area (Å²) in [5, 5.41) is 14.0. The molecule has 2 aliphatic rings. The molecule has 100 valence electrons. The predicted molar refractivity (Wildman–Crippen MR) is 68.3 cm³/mol. The van der Waals surface area contributed by atoms with Crippen molar-refractivity contribution in [1.29, 1.82) is 0 Å². The van der Waals surface area contributed by atoms with Gasteiger partial charge in [0.2, 0.25) is 5.91 Å². The molecule has 0 aromatic heterocycles. The zero-order valence-corrected chi connectivity index (χ0v) is 10.6. The van der Waals surface area contributed by atoms with Gasteiger partial charge in [-0.05, 0) is 17.9 Å². The Balaban J connectivity index is 1.90. The van der Waals surface area contributed by atoms with E-state index in [2.05, 4.69) is 12.2 Å². The van der Waals surface area contributed by atoms with Crippen LogP contribution < -0.4 is 5.32 Å². The van der Waals surface area contributed by atoms with Crippen molar-refractivity contribution in [2.24, 2.45) is 5.92 Å². The molecule has 6 heteroatoms. The lowest BCUT2D eigenvalue weighted by molar-refractivity contribution is -0.385. The van der Waals surface area contributed by atoms with Crippen LogP contribution in [0.2, 0.25) is 0 Å². The Morgan fingerprint density at radius 1 is 1.47 bits per heavy atom. The van der Waals surface area contributed by atoms with Crippen molar-refractivity contribution < 1.29 is 9.72 Å². The van der Waals surface area contributed by atoms with Crippen molar-refractivity contribution in [3.63, 3.8) is 0 Å². The summed E-state index contributed by atoms with van der Waals surface area (Å²) in [5.41, 5.74) is 0.835. The first kappa shape index (κ1) is 12.1. The Morgan fingerprint density at radius 3 is 2.84 bits per heavy atom. The average molecular weight is 261 g/mol. The van der Waals surface area contributed by atoms with Gasteiger partial charge in [0.05, 0.1) is 11.5 Å². The number of non-ortho nitro benzene ring substituents is 1. The molecule has 1 aliphatic heterocycles. The molecule has 1 N–H and O–H groups in total. The normalized spacial score (nSPS) is 29.6. The van der Waals surface area contributed by atoms with Gasteiger partial charge in [-0.15, -0.1) is 0 Å². The summed E-state index contributed by atoms with van der Waals surface area (Å²) in [6.45, 7) is 2.41. The number of hydrogen-bond donors (Lipinski definition) is 1. The van der Waals surface area contributed by atoms with Crippen LogP contribution in [-0.2, 0) is 4.79 Å². The van der Waals surface area contributed by atoms with Crippen LogP contribution in [0.25, 0.3) is 0 Å². The van der Waals surface area contributed by atoms with Crippen LogP contribution in [0.1, 0.15) is 25.1 Å². The second-order valence-corrected chi connectivity index (χ2v) is 5.22. The van der Waals surface area contributed by atoms with Gasteiger partial charge in [0.15, 0.2) is 0 Å². The number of nitro benzene ring substituents is 1. The fourth-order valence-electron chi connectivity index (χ4n) is 2.67. The first-order valence-electron chi connectivity index (χ1n) is 6.37. The van der Waals surface area contributed by atoms with E-state index in [9.17, 15) is 14.9 Å². The van der Waals surface area contributed by atoms with E-state index in [1.165, 1.54) is 12.1 Å². The molecule has 1 aliphatic carbocycles. The lowest BCUT2D eigenvalue weighted by atomic mass is 10.1. The molecule has 3 atom stereocenters. The number of carbonyl (C=O) groups excluding carboxylic acids is 1. The number of carbonyl (C=O) groups is 1. The zero-order valence-electron chi connectivity index (χ0n) is 10.6. The quantitative estimate of drug-likeness (QED) is 0.659. The van der Waals surface area contributed by atoms with Gasteiger partial charge in [0.25, 0.3) is 5.69 Å². The first-order valence-corrected chi connectivity index (χ1v) is 6.37. The zero-order chi connectivity index (χ0) is 13.6. The number of nitrogens with one attached hydrogen (secondary N) is 1. The average Bonchev–Trinajstić information content (AvgIpc) is 2.97. The Labute approximate surface area is 110 Å². The standard InChI is InChI=1S/C13H15N3O3/c1-8-5-11(8)15-12(17)7-14-13(15)9-3-2-4-10(6-9)16(18)19/h2-4,6,8,11,13-14H,5,7H2,1H3. The lowest BCUT2D eigenvalue weighted by Crippen LogP contribution is -2.33. The molecule has 1 amide bonds. The summed E-state index contributed by atoms with van der Waals surface area (Å²) in [4.78, 5) is 24.2. The van der Waals surface area contributed by atoms with E-state index in [0.29, 0.717) is 12.5 Å². The molecule has 0 spiro atoms. The maximum absolute atomic E-state index is 11.9. The summed E-state index contributed by atoms with van der Waals surface area (Å²) in [6.07, 6.45) is 0.779. The van der Waals surface area contributed by atoms with Crippen molar-refractivity contribution in [3.8, 4) is 0 Å². The molecule has 3 rings (SSSR count). The summed E-state index contributed by atoms with van der Waals surface area (Å²) in [5.74, 6) is 0.593. The molecule has 2 fully saturated rings. The van der Waals surface area contributed by atoms with Crippen LogP contribution in [0.15, 0.2) is 24.3 Å². The Morgan fingerprint density at radius 2 is 2.21 bits per heavy atom. The van der Waals surface area contributed by atoms with Gasteiger partial charge in [0.1, 0.15) is 6.17 Å². The van der Waals surface area contributed by atoms with Crippen LogP contribution in [-0.4, -0.2) is 28.3 Å². The first-order chi connectivity index (χ1) is 9.08. The number of nitrogens with zero attached hydrogens (tertiary/aromatic N) is 2. The minimum atomic E-state index is -0.412. The van der Waals surface area contributed by atoms with Gasteiger partial charge in [-0.2, -0.15) is 0 Å². The van der Waals surface area contributed by atoms with Crippen LogP contribution >= 0.6 is 0 Å². The number of amides is 1. The van der Waals surface area contributed by atoms with E-state index in [1.54, 1.807) is 6.07 Å². The van der Waals surface area contributed by atoms with Crippen molar-refractivity contribution in [2.75, 3.05) is 6.54 Å². The van der Waals surface area contributed by atoms with Gasteiger partial charge < -0.3 is 4.90 Å². The fourth-order valence-corrected chi connectivity index (χ4v) is 2.67. The van der Waals surface area contributed by atoms with Crippen LogP contribution in [0.3, 0.4) is 0 Å². The Hall–Kier alpha value is -1.95. The highest BCUT2D eigenvalue weighted by atomic mass is 16.6. The van der Waals surface area contributed by atoms with Crippen molar-refractivity contribution >= 4 is 11.6 Å². The Kier molecular flexibility index (Phi) is 2.74. The molecular formula is C13H15N3O3. The maximum atomic E-state index is 11.9. The van der Waals surface area contributed by atoms with Gasteiger partial charge in [-0.1, -0.05) is 19.1 Å². The summed E-state index contributed by atoms with van der Waals surface area (Å²) in [7, 11) is 0. The second-order valence-electron chi connectivity index (χ2n) is 5.22. The smallest absolute Gasteiger partial charge is 0.269 e. The number of hydrogen-bond acceptors (Lipinski definition) is 4. The molecule has 0 radical (unpaired) electrons. The molecule has 19 heavy (non-hydrogen) atoms. The third-order valence-electron chi connectivity index (χ3n) is 3.83. The monoisotopic (exact) mass is 261 g/mol. The van der Waals surface area contributed by atoms with E-state index in [-0.39, 0.29) is 23.8 Å². The molecule has 1 aromatic rings. The van der Waals surface area contributed by atoms with Crippen LogP contribution in [0.5, 0.6) is 0 Å². The molecule has 1 heterocycles. The van der Waals surface area contributed by atoms with E-state index in [1.807, 2.05) is 11.0 Å². The van der Waals surface area contributed by atoms with Crippen molar-refractivity contribution in [2.45, 2.75) is 25.6 Å². The minimum Gasteiger partial charge on any atom is -0.319 e. The predicted octanol–water partition coefficient (Wildman–Crippen LogP) is 1.43. The molecule has 1 aromatic carbocycles. The van der Waals surface area contributed by atoms with E-state index in [4.69, 9.17) is 0 Å². The fraction of sp³-hybridized carbons (Fsp3) is 0.462. The highest BCUT2D eigenvalue weighted by molar-refractivity contribution is 5.81. The topological polar surface area (TPSA) is 75.5 Å². The van der Waals surface area contributed by atoms with Gasteiger partial charge >= 0.3 is 0 Å². The van der Waals surface area contributed by atoms with E-state index < -0.39 is 4.92 Å². The highest BCUT2D eigenvalue weighted by Crippen LogP contribution is 2.41. The Bertz CT molecular complexity index is 546. The third-order valence-corrected chi connectivity index (χ3v) is 3.83. The summed E-state index contributed by atoms with van der Waals surface area (Å²) < 4.78 is 0. The molecule has 3 unspecified atom stereocenters. The van der Waals surface area contributed by atoms with E-state index in [0.717, 1.165) is 12.0 Å². The molecule has 0 bridgehead atoms. The van der Waals surface area contributed by atoms with Crippen molar-refractivity contribution in [3.05, 3.63) is 39.9 Å². The van der Waals surface area contributed by atoms with Crippen LogP contribution in [0, 0.1) is 16.0 Å². The number of benzene rings is 1. The lowest BCUT2D eigenvalue weighted by Gasteiger charge is -2.24. The van der Waals surface area contributed by atoms with Gasteiger partial charge in [-0.25, -0.2) is 0 Å². The van der Waals surface area contributed by atoms with Crippen LogP contribution in [0.4, 0.5) is 5.69 Å². The molecule has 6 nitrogen and oxygen atoms in total. The molecule has 1 saturated carbocycles.